The number of rotatable bonds is 6. The maximum absolute atomic E-state index is 11.3. The molecule has 1 aromatic heterocycles. The van der Waals surface area contributed by atoms with Crippen molar-refractivity contribution in [3.63, 3.8) is 0 Å². The Balaban J connectivity index is 2.25. The minimum atomic E-state index is -0.0664. The highest BCUT2D eigenvalue weighted by Gasteiger charge is 2.07. The van der Waals surface area contributed by atoms with Crippen LogP contribution >= 0.6 is 0 Å². The second-order valence-corrected chi connectivity index (χ2v) is 4.43. The number of aromatic nitrogens is 2. The Hall–Kier alpha value is -1.56. The summed E-state index contributed by atoms with van der Waals surface area (Å²) in [5, 5.41) is 10.4. The average Bonchev–Trinajstić information content (AvgIpc) is 2.82. The van der Waals surface area contributed by atoms with Crippen molar-refractivity contribution >= 4 is 6.03 Å². The topological polar surface area (TPSA) is 62.2 Å². The van der Waals surface area contributed by atoms with Crippen LogP contribution in [-0.4, -0.2) is 47.9 Å². The van der Waals surface area contributed by atoms with Crippen molar-refractivity contribution in [3.05, 3.63) is 18.0 Å². The fraction of sp³-hybridized carbons (Fsp3) is 0.667. The zero-order chi connectivity index (χ0) is 13.5. The van der Waals surface area contributed by atoms with Crippen molar-refractivity contribution < 1.29 is 4.79 Å². The van der Waals surface area contributed by atoms with E-state index >= 15 is 0 Å². The van der Waals surface area contributed by atoms with Gasteiger partial charge in [-0.25, -0.2) is 4.79 Å². The fourth-order valence-electron chi connectivity index (χ4n) is 1.51. The Bertz CT molecular complexity index is 374. The van der Waals surface area contributed by atoms with Gasteiger partial charge in [0.25, 0.3) is 0 Å². The van der Waals surface area contributed by atoms with Crippen LogP contribution in [0.3, 0.4) is 0 Å². The maximum atomic E-state index is 11.3. The summed E-state index contributed by atoms with van der Waals surface area (Å²) in [5.74, 6) is 0. The second kappa shape index (κ2) is 7.00. The zero-order valence-electron chi connectivity index (χ0n) is 11.6. The van der Waals surface area contributed by atoms with Gasteiger partial charge in [-0.05, 0) is 13.8 Å². The van der Waals surface area contributed by atoms with Gasteiger partial charge in [0.1, 0.15) is 0 Å². The molecule has 0 aliphatic rings. The third-order valence-electron chi connectivity index (χ3n) is 2.74. The standard InChI is InChI=1S/C12H23N5O/c1-5-17-9-11(8-15-17)10(2)13-6-7-14-12(18)16(3)4/h8-10,13H,5-7H2,1-4H3,(H,14,18). The van der Waals surface area contributed by atoms with Gasteiger partial charge in [-0.1, -0.05) is 0 Å². The van der Waals surface area contributed by atoms with E-state index in [9.17, 15) is 4.79 Å². The number of carbonyl (C=O) groups is 1. The highest BCUT2D eigenvalue weighted by Crippen LogP contribution is 2.09. The van der Waals surface area contributed by atoms with Gasteiger partial charge in [0.2, 0.25) is 0 Å². The second-order valence-electron chi connectivity index (χ2n) is 4.43. The van der Waals surface area contributed by atoms with E-state index in [0.29, 0.717) is 6.54 Å². The van der Waals surface area contributed by atoms with Crippen LogP contribution in [0.15, 0.2) is 12.4 Å². The smallest absolute Gasteiger partial charge is 0.316 e. The molecule has 6 heteroatoms. The van der Waals surface area contributed by atoms with E-state index in [1.165, 1.54) is 4.90 Å². The Kier molecular flexibility index (Phi) is 5.64. The molecule has 1 aromatic rings. The molecule has 0 aliphatic heterocycles. The first-order valence-electron chi connectivity index (χ1n) is 6.25. The van der Waals surface area contributed by atoms with E-state index in [-0.39, 0.29) is 12.1 Å². The van der Waals surface area contributed by atoms with Gasteiger partial charge in [0, 0.05) is 51.5 Å². The SMILES string of the molecule is CCn1cc(C(C)NCCNC(=O)N(C)C)cn1. The summed E-state index contributed by atoms with van der Waals surface area (Å²) in [6.45, 7) is 6.38. The minimum absolute atomic E-state index is 0.0664. The van der Waals surface area contributed by atoms with Crippen LogP contribution in [0.4, 0.5) is 4.79 Å². The fourth-order valence-corrected chi connectivity index (χ4v) is 1.51. The molecule has 6 nitrogen and oxygen atoms in total. The number of aryl methyl sites for hydroxylation is 1. The molecule has 1 unspecified atom stereocenters. The van der Waals surface area contributed by atoms with Crippen molar-refractivity contribution in [2.45, 2.75) is 26.4 Å². The number of carbonyl (C=O) groups excluding carboxylic acids is 1. The molecular formula is C12H23N5O. The van der Waals surface area contributed by atoms with E-state index in [0.717, 1.165) is 18.7 Å². The molecule has 0 spiro atoms. The quantitative estimate of drug-likeness (QED) is 0.738. The molecule has 0 radical (unpaired) electrons. The Morgan fingerprint density at radius 1 is 1.50 bits per heavy atom. The summed E-state index contributed by atoms with van der Waals surface area (Å²) < 4.78 is 1.90. The summed E-state index contributed by atoms with van der Waals surface area (Å²) in [6.07, 6.45) is 3.91. The van der Waals surface area contributed by atoms with E-state index in [2.05, 4.69) is 29.6 Å². The molecular weight excluding hydrogens is 230 g/mol. The average molecular weight is 253 g/mol. The molecule has 18 heavy (non-hydrogen) atoms. The Morgan fingerprint density at radius 2 is 2.22 bits per heavy atom. The summed E-state index contributed by atoms with van der Waals surface area (Å²) in [5.41, 5.74) is 1.16. The van der Waals surface area contributed by atoms with Crippen LogP contribution < -0.4 is 10.6 Å². The number of urea groups is 1. The third-order valence-corrected chi connectivity index (χ3v) is 2.74. The molecule has 1 atom stereocenters. The molecule has 1 rings (SSSR count). The van der Waals surface area contributed by atoms with Crippen LogP contribution in [0.5, 0.6) is 0 Å². The molecule has 0 fully saturated rings. The highest BCUT2D eigenvalue weighted by atomic mass is 16.2. The van der Waals surface area contributed by atoms with Crippen LogP contribution in [0.2, 0.25) is 0 Å². The lowest BCUT2D eigenvalue weighted by Gasteiger charge is -2.14. The van der Waals surface area contributed by atoms with Crippen LogP contribution in [-0.2, 0) is 6.54 Å². The first-order chi connectivity index (χ1) is 8.54. The first-order valence-corrected chi connectivity index (χ1v) is 6.25. The number of amides is 2. The Morgan fingerprint density at radius 3 is 2.78 bits per heavy atom. The summed E-state index contributed by atoms with van der Waals surface area (Å²) in [4.78, 5) is 12.8. The van der Waals surface area contributed by atoms with Crippen molar-refractivity contribution in [2.75, 3.05) is 27.2 Å². The molecule has 0 bridgehead atoms. The summed E-state index contributed by atoms with van der Waals surface area (Å²) in [6, 6.07) is 0.171. The molecule has 0 aromatic carbocycles. The van der Waals surface area contributed by atoms with Crippen molar-refractivity contribution in [3.8, 4) is 0 Å². The predicted octanol–water partition coefficient (Wildman–Crippen LogP) is 0.825. The van der Waals surface area contributed by atoms with Gasteiger partial charge in [-0.15, -0.1) is 0 Å². The van der Waals surface area contributed by atoms with Gasteiger partial charge in [0.15, 0.2) is 0 Å². The van der Waals surface area contributed by atoms with E-state index in [4.69, 9.17) is 0 Å². The lowest BCUT2D eigenvalue weighted by atomic mass is 10.2. The molecule has 2 amide bonds. The van der Waals surface area contributed by atoms with Gasteiger partial charge in [0.05, 0.1) is 6.20 Å². The number of hydrogen-bond donors (Lipinski definition) is 2. The van der Waals surface area contributed by atoms with Crippen molar-refractivity contribution in [1.82, 2.24) is 25.3 Å². The lowest BCUT2D eigenvalue weighted by molar-refractivity contribution is 0.217. The maximum Gasteiger partial charge on any atom is 0.316 e. The largest absolute Gasteiger partial charge is 0.337 e. The van der Waals surface area contributed by atoms with Crippen LogP contribution in [0, 0.1) is 0 Å². The number of hydrogen-bond acceptors (Lipinski definition) is 3. The van der Waals surface area contributed by atoms with Crippen molar-refractivity contribution in [1.29, 1.82) is 0 Å². The van der Waals surface area contributed by atoms with E-state index in [1.807, 2.05) is 17.1 Å². The molecule has 0 saturated carbocycles. The Labute approximate surface area is 108 Å². The normalized spacial score (nSPS) is 12.2. The molecule has 0 aliphatic carbocycles. The summed E-state index contributed by atoms with van der Waals surface area (Å²) in [7, 11) is 3.45. The lowest BCUT2D eigenvalue weighted by Crippen LogP contribution is -2.38. The highest BCUT2D eigenvalue weighted by molar-refractivity contribution is 5.73. The first kappa shape index (κ1) is 14.5. The molecule has 0 saturated heterocycles. The molecule has 2 N–H and O–H groups in total. The van der Waals surface area contributed by atoms with Gasteiger partial charge >= 0.3 is 6.03 Å². The molecule has 102 valence electrons. The van der Waals surface area contributed by atoms with E-state index < -0.39 is 0 Å². The monoisotopic (exact) mass is 253 g/mol. The minimum Gasteiger partial charge on any atom is -0.337 e. The van der Waals surface area contributed by atoms with Crippen LogP contribution in [0.25, 0.3) is 0 Å². The number of nitrogens with zero attached hydrogens (tertiary/aromatic N) is 3. The van der Waals surface area contributed by atoms with Gasteiger partial charge in [-0.2, -0.15) is 5.10 Å². The zero-order valence-corrected chi connectivity index (χ0v) is 11.6. The third kappa shape index (κ3) is 4.37. The van der Waals surface area contributed by atoms with Gasteiger partial charge in [-0.3, -0.25) is 4.68 Å². The summed E-state index contributed by atoms with van der Waals surface area (Å²) >= 11 is 0. The predicted molar refractivity (Wildman–Crippen MR) is 71.4 cm³/mol. The van der Waals surface area contributed by atoms with E-state index in [1.54, 1.807) is 14.1 Å². The van der Waals surface area contributed by atoms with Crippen molar-refractivity contribution in [2.24, 2.45) is 0 Å². The molecule has 1 heterocycles. The van der Waals surface area contributed by atoms with Crippen LogP contribution in [0.1, 0.15) is 25.5 Å². The number of nitrogens with one attached hydrogen (secondary N) is 2. The van der Waals surface area contributed by atoms with Gasteiger partial charge < -0.3 is 15.5 Å².